The SMILES string of the molecule is Cc1cc(OCc2c(F)cccc2F)c2nc(C)c(C(=O)NCCC(C)(C)NC(O)OC(C)(C)C)n2c1. The first-order valence-electron chi connectivity index (χ1n) is 12.1. The topological polar surface area (TPSA) is 97.1 Å². The number of aryl methyl sites for hydroxylation is 2. The Balaban J connectivity index is 1.72. The highest BCUT2D eigenvalue weighted by atomic mass is 19.1. The molecule has 3 rings (SSSR count). The maximum absolute atomic E-state index is 14.0. The predicted molar refractivity (Wildman–Crippen MR) is 136 cm³/mol. The van der Waals surface area contributed by atoms with Crippen molar-refractivity contribution in [3.05, 3.63) is 64.6 Å². The quantitative estimate of drug-likeness (QED) is 0.345. The molecule has 8 nitrogen and oxygen atoms in total. The molecule has 1 aromatic carbocycles. The van der Waals surface area contributed by atoms with E-state index in [1.807, 2.05) is 41.5 Å². The summed E-state index contributed by atoms with van der Waals surface area (Å²) in [6.07, 6.45) is 1.12. The molecule has 0 aliphatic heterocycles. The molecule has 1 atom stereocenters. The zero-order valence-electron chi connectivity index (χ0n) is 22.4. The summed E-state index contributed by atoms with van der Waals surface area (Å²) in [5.41, 5.74) is 0.750. The van der Waals surface area contributed by atoms with Crippen LogP contribution < -0.4 is 15.4 Å². The second-order valence-corrected chi connectivity index (χ2v) is 10.7. The molecule has 0 saturated carbocycles. The standard InChI is InChI=1S/C27H36F2N4O4/c1-16-13-21(36-15-18-19(28)9-8-10-20(18)29)23-31-17(2)22(33(23)14-16)24(34)30-12-11-27(6,7)32-25(35)37-26(3,4)5/h8-10,13-14,25,32,35H,11-12,15H2,1-7H3,(H,30,34). The van der Waals surface area contributed by atoms with Gasteiger partial charge in [0.1, 0.15) is 23.9 Å². The van der Waals surface area contributed by atoms with E-state index in [9.17, 15) is 18.7 Å². The van der Waals surface area contributed by atoms with Crippen LogP contribution in [0.15, 0.2) is 30.5 Å². The molecule has 2 aromatic heterocycles. The number of nitrogens with one attached hydrogen (secondary N) is 2. The Morgan fingerprint density at radius 2 is 1.81 bits per heavy atom. The van der Waals surface area contributed by atoms with Crippen molar-refractivity contribution < 1.29 is 28.2 Å². The lowest BCUT2D eigenvalue weighted by atomic mass is 10.0. The average Bonchev–Trinajstić information content (AvgIpc) is 3.06. The monoisotopic (exact) mass is 518 g/mol. The molecule has 3 aromatic rings. The van der Waals surface area contributed by atoms with Gasteiger partial charge in [0.15, 0.2) is 11.4 Å². The number of benzene rings is 1. The summed E-state index contributed by atoms with van der Waals surface area (Å²) in [5, 5.41) is 16.1. The number of hydrogen-bond acceptors (Lipinski definition) is 6. The van der Waals surface area contributed by atoms with E-state index in [2.05, 4.69) is 15.6 Å². The Hall–Kier alpha value is -3.08. The van der Waals surface area contributed by atoms with E-state index in [4.69, 9.17) is 9.47 Å². The van der Waals surface area contributed by atoms with Crippen LogP contribution in [0.1, 0.15) is 68.3 Å². The van der Waals surface area contributed by atoms with Crippen molar-refractivity contribution in [3.8, 4) is 5.75 Å². The molecule has 0 bridgehead atoms. The van der Waals surface area contributed by atoms with Crippen molar-refractivity contribution in [2.45, 2.75) is 79.0 Å². The highest BCUT2D eigenvalue weighted by molar-refractivity contribution is 5.95. The number of aromatic nitrogens is 2. The molecule has 37 heavy (non-hydrogen) atoms. The van der Waals surface area contributed by atoms with Crippen molar-refractivity contribution in [3.63, 3.8) is 0 Å². The van der Waals surface area contributed by atoms with E-state index >= 15 is 0 Å². The van der Waals surface area contributed by atoms with Gasteiger partial charge in [0, 0.05) is 18.3 Å². The van der Waals surface area contributed by atoms with Crippen LogP contribution in [0.5, 0.6) is 5.75 Å². The maximum atomic E-state index is 14.0. The zero-order chi connectivity index (χ0) is 27.5. The fourth-order valence-electron chi connectivity index (χ4n) is 3.90. The van der Waals surface area contributed by atoms with Gasteiger partial charge in [-0.2, -0.15) is 0 Å². The Morgan fingerprint density at radius 3 is 2.43 bits per heavy atom. The molecule has 0 radical (unpaired) electrons. The van der Waals surface area contributed by atoms with Crippen molar-refractivity contribution in [2.75, 3.05) is 6.54 Å². The lowest BCUT2D eigenvalue weighted by molar-refractivity contribution is -0.190. The Labute approximate surface area is 216 Å². The summed E-state index contributed by atoms with van der Waals surface area (Å²) >= 11 is 0. The molecule has 1 unspecified atom stereocenters. The number of carbonyl (C=O) groups excluding carboxylic acids is 1. The molecule has 3 N–H and O–H groups in total. The zero-order valence-corrected chi connectivity index (χ0v) is 22.4. The molecule has 0 aliphatic carbocycles. The number of aliphatic hydroxyl groups excluding tert-OH is 1. The number of fused-ring (bicyclic) bond motifs is 1. The second-order valence-electron chi connectivity index (χ2n) is 10.7. The van der Waals surface area contributed by atoms with Crippen LogP contribution in [0.4, 0.5) is 8.78 Å². The number of carbonyl (C=O) groups is 1. The molecule has 10 heteroatoms. The van der Waals surface area contributed by atoms with Gasteiger partial charge in [0.25, 0.3) is 5.91 Å². The summed E-state index contributed by atoms with van der Waals surface area (Å²) in [6, 6.07) is 5.35. The minimum atomic E-state index is -1.15. The minimum Gasteiger partial charge on any atom is -0.485 e. The van der Waals surface area contributed by atoms with E-state index < -0.39 is 29.2 Å². The third kappa shape index (κ3) is 7.47. The summed E-state index contributed by atoms with van der Waals surface area (Å²) in [7, 11) is 0. The normalized spacial score (nSPS) is 13.1. The lowest BCUT2D eigenvalue weighted by Crippen LogP contribution is -2.50. The number of nitrogens with zero attached hydrogens (tertiary/aromatic N) is 2. The van der Waals surface area contributed by atoms with Crippen molar-refractivity contribution >= 4 is 11.6 Å². The molecule has 0 aliphatic rings. The van der Waals surface area contributed by atoms with Crippen molar-refractivity contribution in [2.24, 2.45) is 0 Å². The number of pyridine rings is 1. The first-order chi connectivity index (χ1) is 17.2. The number of rotatable bonds is 10. The smallest absolute Gasteiger partial charge is 0.270 e. The van der Waals surface area contributed by atoms with Gasteiger partial charge in [-0.25, -0.2) is 13.8 Å². The van der Waals surface area contributed by atoms with Crippen LogP contribution in [0.25, 0.3) is 5.65 Å². The first-order valence-corrected chi connectivity index (χ1v) is 12.1. The van der Waals surface area contributed by atoms with Crippen LogP contribution in [0, 0.1) is 25.5 Å². The van der Waals surface area contributed by atoms with E-state index in [1.165, 1.54) is 18.2 Å². The number of imidazole rings is 1. The summed E-state index contributed by atoms with van der Waals surface area (Å²) < 4.78 is 41.0. The fourth-order valence-corrected chi connectivity index (χ4v) is 3.90. The van der Waals surface area contributed by atoms with Gasteiger partial charge in [-0.1, -0.05) is 6.07 Å². The highest BCUT2D eigenvalue weighted by Gasteiger charge is 2.26. The highest BCUT2D eigenvalue weighted by Crippen LogP contribution is 2.26. The van der Waals surface area contributed by atoms with Crippen LogP contribution in [0.2, 0.25) is 0 Å². The average molecular weight is 519 g/mol. The second kappa shape index (κ2) is 11.1. The Morgan fingerprint density at radius 1 is 1.16 bits per heavy atom. The third-order valence-electron chi connectivity index (χ3n) is 5.66. The molecule has 2 heterocycles. The molecular weight excluding hydrogens is 482 g/mol. The van der Waals surface area contributed by atoms with Crippen LogP contribution in [-0.2, 0) is 11.3 Å². The molecule has 1 amide bonds. The lowest BCUT2D eigenvalue weighted by Gasteiger charge is -2.32. The molecule has 202 valence electrons. The van der Waals surface area contributed by atoms with E-state index in [0.717, 1.165) is 5.56 Å². The maximum Gasteiger partial charge on any atom is 0.270 e. The Kier molecular flexibility index (Phi) is 8.56. The van der Waals surface area contributed by atoms with Crippen LogP contribution >= 0.6 is 0 Å². The number of halogens is 2. The largest absolute Gasteiger partial charge is 0.485 e. The van der Waals surface area contributed by atoms with E-state index in [1.54, 1.807) is 23.6 Å². The Bertz CT molecular complexity index is 1250. The van der Waals surface area contributed by atoms with Gasteiger partial charge in [0.05, 0.1) is 16.9 Å². The van der Waals surface area contributed by atoms with Gasteiger partial charge in [-0.05, 0) is 78.6 Å². The molecular formula is C27H36F2N4O4. The van der Waals surface area contributed by atoms with E-state index in [-0.39, 0.29) is 18.1 Å². The number of ether oxygens (including phenoxy) is 2. The number of amides is 1. The van der Waals surface area contributed by atoms with Crippen molar-refractivity contribution in [1.29, 1.82) is 0 Å². The third-order valence-corrected chi connectivity index (χ3v) is 5.66. The molecule has 0 fully saturated rings. The summed E-state index contributed by atoms with van der Waals surface area (Å²) in [5.74, 6) is -1.41. The summed E-state index contributed by atoms with van der Waals surface area (Å²) in [6.45, 7) is 12.9. The van der Waals surface area contributed by atoms with Gasteiger partial charge >= 0.3 is 0 Å². The van der Waals surface area contributed by atoms with Crippen molar-refractivity contribution in [1.82, 2.24) is 20.0 Å². The molecule has 0 spiro atoms. The number of hydrogen-bond donors (Lipinski definition) is 3. The predicted octanol–water partition coefficient (Wildman–Crippen LogP) is 4.39. The summed E-state index contributed by atoms with van der Waals surface area (Å²) in [4.78, 5) is 17.6. The first kappa shape index (κ1) is 28.5. The van der Waals surface area contributed by atoms with Gasteiger partial charge in [-0.3, -0.25) is 14.5 Å². The van der Waals surface area contributed by atoms with E-state index in [0.29, 0.717) is 35.8 Å². The van der Waals surface area contributed by atoms with Crippen LogP contribution in [0.3, 0.4) is 0 Å². The fraction of sp³-hybridized carbons (Fsp3) is 0.481. The van der Waals surface area contributed by atoms with Gasteiger partial charge < -0.3 is 19.9 Å². The van der Waals surface area contributed by atoms with Crippen LogP contribution in [-0.4, -0.2) is 44.5 Å². The minimum absolute atomic E-state index is 0.183. The number of aliphatic hydroxyl groups is 1. The van der Waals surface area contributed by atoms with Gasteiger partial charge in [0.2, 0.25) is 6.41 Å². The van der Waals surface area contributed by atoms with Gasteiger partial charge in [-0.15, -0.1) is 0 Å². The molecule has 0 saturated heterocycles.